The first-order valence-electron chi connectivity index (χ1n) is 5.26. The van der Waals surface area contributed by atoms with E-state index >= 15 is 0 Å². The van der Waals surface area contributed by atoms with Crippen molar-refractivity contribution >= 4 is 31.9 Å². The lowest BCUT2D eigenvalue weighted by atomic mass is 10.2. The van der Waals surface area contributed by atoms with E-state index < -0.39 is 0 Å². The van der Waals surface area contributed by atoms with Gasteiger partial charge in [0.2, 0.25) is 0 Å². The standard InChI is InChI=1S/C12H9Br2FN2O/c1-2-9-10(14)12(18)17-11(16-9)6-3-7(13)5-8(15)4-6/h3-5H,2H2,1H3,(H,16,17,18). The van der Waals surface area contributed by atoms with Crippen LogP contribution >= 0.6 is 31.9 Å². The molecule has 1 heterocycles. The molecule has 0 fully saturated rings. The predicted molar refractivity (Wildman–Crippen MR) is 75.0 cm³/mol. The van der Waals surface area contributed by atoms with Crippen LogP contribution in [0.4, 0.5) is 4.39 Å². The third-order valence-corrected chi connectivity index (χ3v) is 3.68. The highest BCUT2D eigenvalue weighted by atomic mass is 79.9. The molecule has 0 saturated carbocycles. The molecule has 0 amide bonds. The molecule has 0 aliphatic heterocycles. The van der Waals surface area contributed by atoms with Crippen molar-refractivity contribution in [2.24, 2.45) is 0 Å². The molecule has 0 spiro atoms. The van der Waals surface area contributed by atoms with Gasteiger partial charge in [0.05, 0.1) is 5.69 Å². The molecule has 0 unspecified atom stereocenters. The van der Waals surface area contributed by atoms with Gasteiger partial charge in [0.1, 0.15) is 16.1 Å². The number of aromatic nitrogens is 2. The monoisotopic (exact) mass is 374 g/mol. The van der Waals surface area contributed by atoms with Crippen molar-refractivity contribution in [2.75, 3.05) is 0 Å². The van der Waals surface area contributed by atoms with Crippen molar-refractivity contribution in [1.29, 1.82) is 0 Å². The summed E-state index contributed by atoms with van der Waals surface area (Å²) in [4.78, 5) is 18.6. The molecule has 0 atom stereocenters. The summed E-state index contributed by atoms with van der Waals surface area (Å²) >= 11 is 6.40. The van der Waals surface area contributed by atoms with Crippen LogP contribution in [0.2, 0.25) is 0 Å². The van der Waals surface area contributed by atoms with E-state index in [1.54, 1.807) is 6.07 Å². The molecular weight excluding hydrogens is 367 g/mol. The van der Waals surface area contributed by atoms with Crippen molar-refractivity contribution in [2.45, 2.75) is 13.3 Å². The van der Waals surface area contributed by atoms with Crippen LogP contribution in [0.15, 0.2) is 31.9 Å². The maximum Gasteiger partial charge on any atom is 0.265 e. The van der Waals surface area contributed by atoms with Crippen molar-refractivity contribution in [3.05, 3.63) is 49.0 Å². The highest BCUT2D eigenvalue weighted by Gasteiger charge is 2.10. The predicted octanol–water partition coefficient (Wildman–Crippen LogP) is 3.66. The molecule has 18 heavy (non-hydrogen) atoms. The smallest absolute Gasteiger partial charge is 0.265 e. The number of nitrogens with zero attached hydrogens (tertiary/aromatic N) is 1. The van der Waals surface area contributed by atoms with E-state index in [1.807, 2.05) is 6.92 Å². The number of aromatic amines is 1. The van der Waals surface area contributed by atoms with E-state index in [1.165, 1.54) is 12.1 Å². The Morgan fingerprint density at radius 1 is 1.33 bits per heavy atom. The summed E-state index contributed by atoms with van der Waals surface area (Å²) in [6.45, 7) is 1.90. The first-order valence-corrected chi connectivity index (χ1v) is 6.85. The second-order valence-corrected chi connectivity index (χ2v) is 5.40. The van der Waals surface area contributed by atoms with E-state index in [9.17, 15) is 9.18 Å². The number of hydrogen-bond acceptors (Lipinski definition) is 2. The fourth-order valence-corrected chi connectivity index (χ4v) is 2.50. The van der Waals surface area contributed by atoms with E-state index in [4.69, 9.17) is 0 Å². The van der Waals surface area contributed by atoms with Crippen LogP contribution in [0.25, 0.3) is 11.4 Å². The lowest BCUT2D eigenvalue weighted by Gasteiger charge is -2.06. The molecule has 0 bridgehead atoms. The Bertz CT molecular complexity index is 635. The van der Waals surface area contributed by atoms with Crippen LogP contribution in [0, 0.1) is 5.82 Å². The van der Waals surface area contributed by atoms with E-state index in [0.29, 0.717) is 32.4 Å². The van der Waals surface area contributed by atoms with Crippen LogP contribution in [0.1, 0.15) is 12.6 Å². The number of aryl methyl sites for hydroxylation is 1. The quantitative estimate of drug-likeness (QED) is 0.870. The number of H-pyrrole nitrogens is 1. The van der Waals surface area contributed by atoms with Crippen LogP contribution in [0.5, 0.6) is 0 Å². The average molecular weight is 376 g/mol. The van der Waals surface area contributed by atoms with Crippen molar-refractivity contribution in [3.63, 3.8) is 0 Å². The van der Waals surface area contributed by atoms with Gasteiger partial charge in [-0.3, -0.25) is 4.79 Å². The second kappa shape index (κ2) is 5.32. The number of nitrogens with one attached hydrogen (secondary N) is 1. The number of hydrogen-bond donors (Lipinski definition) is 1. The van der Waals surface area contributed by atoms with Gasteiger partial charge >= 0.3 is 0 Å². The maximum atomic E-state index is 13.3. The van der Waals surface area contributed by atoms with Gasteiger partial charge < -0.3 is 4.98 Å². The molecule has 6 heteroatoms. The molecule has 0 aliphatic rings. The zero-order chi connectivity index (χ0) is 13.3. The van der Waals surface area contributed by atoms with Crippen LogP contribution in [0.3, 0.4) is 0 Å². The molecule has 0 saturated heterocycles. The molecule has 1 N–H and O–H groups in total. The molecule has 2 aromatic rings. The Balaban J connectivity index is 2.64. The van der Waals surface area contributed by atoms with Crippen LogP contribution in [-0.4, -0.2) is 9.97 Å². The van der Waals surface area contributed by atoms with E-state index in [2.05, 4.69) is 41.8 Å². The van der Waals surface area contributed by atoms with Gasteiger partial charge in [-0.05, 0) is 40.5 Å². The fourth-order valence-electron chi connectivity index (χ4n) is 1.57. The number of benzene rings is 1. The Morgan fingerprint density at radius 2 is 2.06 bits per heavy atom. The lowest BCUT2D eigenvalue weighted by molar-refractivity contribution is 0.627. The highest BCUT2D eigenvalue weighted by Crippen LogP contribution is 2.22. The number of rotatable bonds is 2. The minimum Gasteiger partial charge on any atom is -0.306 e. The van der Waals surface area contributed by atoms with Crippen molar-refractivity contribution in [1.82, 2.24) is 9.97 Å². The van der Waals surface area contributed by atoms with Gasteiger partial charge in [0.15, 0.2) is 0 Å². The van der Waals surface area contributed by atoms with Gasteiger partial charge in [-0.2, -0.15) is 0 Å². The Kier molecular flexibility index (Phi) is 3.97. The highest BCUT2D eigenvalue weighted by molar-refractivity contribution is 9.10. The molecule has 1 aromatic carbocycles. The van der Waals surface area contributed by atoms with Crippen LogP contribution < -0.4 is 5.56 Å². The Hall–Kier alpha value is -1.01. The summed E-state index contributed by atoms with van der Waals surface area (Å²) in [5.41, 5.74) is 0.910. The van der Waals surface area contributed by atoms with Gasteiger partial charge in [-0.25, -0.2) is 9.37 Å². The molecule has 0 aliphatic carbocycles. The van der Waals surface area contributed by atoms with Gasteiger partial charge in [-0.1, -0.05) is 22.9 Å². The molecule has 3 nitrogen and oxygen atoms in total. The Labute approximate surface area is 120 Å². The Morgan fingerprint density at radius 3 is 2.67 bits per heavy atom. The molecular formula is C12H9Br2FN2O. The summed E-state index contributed by atoms with van der Waals surface area (Å²) < 4.78 is 14.3. The van der Waals surface area contributed by atoms with E-state index in [0.717, 1.165) is 0 Å². The molecule has 94 valence electrons. The largest absolute Gasteiger partial charge is 0.306 e. The second-order valence-electron chi connectivity index (χ2n) is 3.69. The first kappa shape index (κ1) is 13.4. The third kappa shape index (κ3) is 2.70. The summed E-state index contributed by atoms with van der Waals surface area (Å²) in [5, 5.41) is 0. The zero-order valence-corrected chi connectivity index (χ0v) is 12.6. The molecule has 2 rings (SSSR count). The third-order valence-electron chi connectivity index (χ3n) is 2.40. The van der Waals surface area contributed by atoms with Gasteiger partial charge in [0, 0.05) is 10.0 Å². The van der Waals surface area contributed by atoms with Crippen molar-refractivity contribution < 1.29 is 4.39 Å². The average Bonchev–Trinajstić information content (AvgIpc) is 2.31. The fraction of sp³-hybridized carbons (Fsp3) is 0.167. The normalized spacial score (nSPS) is 10.7. The summed E-state index contributed by atoms with van der Waals surface area (Å²) in [6, 6.07) is 4.38. The minimum absolute atomic E-state index is 0.266. The summed E-state index contributed by atoms with van der Waals surface area (Å²) in [7, 11) is 0. The molecule has 1 aromatic heterocycles. The zero-order valence-electron chi connectivity index (χ0n) is 9.43. The molecule has 0 radical (unpaired) electrons. The first-order chi connectivity index (χ1) is 8.51. The number of halogens is 3. The summed E-state index contributed by atoms with van der Waals surface area (Å²) in [6.07, 6.45) is 0.619. The minimum atomic E-state index is -0.386. The SMILES string of the molecule is CCc1nc(-c2cc(F)cc(Br)c2)[nH]c(=O)c1Br. The maximum absolute atomic E-state index is 13.3. The topological polar surface area (TPSA) is 45.8 Å². The van der Waals surface area contributed by atoms with E-state index in [-0.39, 0.29) is 11.4 Å². The van der Waals surface area contributed by atoms with Gasteiger partial charge in [0.25, 0.3) is 5.56 Å². The lowest BCUT2D eigenvalue weighted by Crippen LogP contribution is -2.13. The van der Waals surface area contributed by atoms with Crippen molar-refractivity contribution in [3.8, 4) is 11.4 Å². The van der Waals surface area contributed by atoms with Gasteiger partial charge in [-0.15, -0.1) is 0 Å². The summed E-state index contributed by atoms with van der Waals surface area (Å²) in [5.74, 6) is -0.0248. The van der Waals surface area contributed by atoms with Crippen LogP contribution in [-0.2, 0) is 6.42 Å².